The first-order valence-electron chi connectivity index (χ1n) is 5.97. The molecule has 0 aliphatic carbocycles. The molecule has 0 spiro atoms. The maximum atomic E-state index is 8.98. The maximum Gasteiger partial charge on any atom is 0.321 e. The zero-order valence-corrected chi connectivity index (χ0v) is 11.8. The van der Waals surface area contributed by atoms with Crippen LogP contribution in [0.1, 0.15) is 20.3 Å². The quantitative estimate of drug-likeness (QED) is 0.693. The number of aliphatic hydroxyl groups is 1. The molecule has 6 nitrogen and oxygen atoms in total. The van der Waals surface area contributed by atoms with Crippen LogP contribution in [0.4, 0.5) is 5.95 Å². The fraction of sp³-hybridized carbons (Fsp3) is 0.727. The summed E-state index contributed by atoms with van der Waals surface area (Å²) < 4.78 is 5.04. The van der Waals surface area contributed by atoms with E-state index in [0.717, 1.165) is 18.7 Å². The highest BCUT2D eigenvalue weighted by atomic mass is 32.2. The molecule has 18 heavy (non-hydrogen) atoms. The minimum absolute atomic E-state index is 0.163. The van der Waals surface area contributed by atoms with Crippen molar-refractivity contribution in [2.75, 3.05) is 31.3 Å². The van der Waals surface area contributed by atoms with Gasteiger partial charge >= 0.3 is 6.01 Å². The van der Waals surface area contributed by atoms with Gasteiger partial charge in [-0.1, -0.05) is 25.6 Å². The number of rotatable bonds is 8. The fourth-order valence-electron chi connectivity index (χ4n) is 1.08. The van der Waals surface area contributed by atoms with E-state index in [1.165, 1.54) is 18.9 Å². The standard InChI is InChI=1S/C11H20N4O2S/c1-4-5-12-9-13-10(17-3)15-11(14-9)18-7-8(2)6-16/h8,16H,4-7H2,1-3H3,(H,12,13,14,15). The van der Waals surface area contributed by atoms with Gasteiger partial charge in [-0.2, -0.15) is 15.0 Å². The van der Waals surface area contributed by atoms with E-state index in [2.05, 4.69) is 27.2 Å². The van der Waals surface area contributed by atoms with Crippen LogP contribution in [0.15, 0.2) is 5.16 Å². The number of hydrogen-bond acceptors (Lipinski definition) is 7. The first kappa shape index (κ1) is 15.0. The van der Waals surface area contributed by atoms with Gasteiger partial charge in [0.1, 0.15) is 0 Å². The van der Waals surface area contributed by atoms with Crippen LogP contribution in [-0.2, 0) is 0 Å². The molecule has 2 N–H and O–H groups in total. The third-order valence-corrected chi connectivity index (χ3v) is 3.30. The van der Waals surface area contributed by atoms with E-state index in [9.17, 15) is 0 Å². The molecular formula is C11H20N4O2S. The van der Waals surface area contributed by atoms with Crippen molar-refractivity contribution in [3.63, 3.8) is 0 Å². The summed E-state index contributed by atoms with van der Waals surface area (Å²) in [6, 6.07) is 0.308. The number of aliphatic hydroxyl groups excluding tert-OH is 1. The normalized spacial score (nSPS) is 12.2. The van der Waals surface area contributed by atoms with Crippen LogP contribution in [0.2, 0.25) is 0 Å². The Bertz CT molecular complexity index is 365. The lowest BCUT2D eigenvalue weighted by molar-refractivity contribution is 0.250. The van der Waals surface area contributed by atoms with Gasteiger partial charge in [0.05, 0.1) is 7.11 Å². The lowest BCUT2D eigenvalue weighted by Gasteiger charge is -2.09. The summed E-state index contributed by atoms with van der Waals surface area (Å²) in [5.74, 6) is 1.50. The van der Waals surface area contributed by atoms with Gasteiger partial charge in [0, 0.05) is 18.9 Å². The van der Waals surface area contributed by atoms with E-state index in [0.29, 0.717) is 17.1 Å². The molecule has 1 aromatic rings. The first-order valence-corrected chi connectivity index (χ1v) is 6.95. The van der Waals surface area contributed by atoms with Crippen LogP contribution < -0.4 is 10.1 Å². The zero-order valence-electron chi connectivity index (χ0n) is 11.0. The van der Waals surface area contributed by atoms with Gasteiger partial charge in [-0.05, 0) is 12.3 Å². The highest BCUT2D eigenvalue weighted by Crippen LogP contribution is 2.19. The molecule has 0 fully saturated rings. The van der Waals surface area contributed by atoms with Gasteiger partial charge < -0.3 is 15.2 Å². The number of aromatic nitrogens is 3. The number of thioether (sulfide) groups is 1. The summed E-state index contributed by atoms with van der Waals surface area (Å²) in [6.07, 6.45) is 0.998. The molecule has 1 aromatic heterocycles. The van der Waals surface area contributed by atoms with Crippen LogP contribution in [0, 0.1) is 5.92 Å². The van der Waals surface area contributed by atoms with Crippen molar-refractivity contribution in [3.8, 4) is 6.01 Å². The van der Waals surface area contributed by atoms with Gasteiger partial charge in [0.15, 0.2) is 5.16 Å². The summed E-state index contributed by atoms with van der Waals surface area (Å²) >= 11 is 1.49. The van der Waals surface area contributed by atoms with Crippen molar-refractivity contribution in [1.29, 1.82) is 0 Å². The summed E-state index contributed by atoms with van der Waals surface area (Å²) in [5.41, 5.74) is 0. The SMILES string of the molecule is CCCNc1nc(OC)nc(SCC(C)CO)n1. The van der Waals surface area contributed by atoms with Crippen molar-refractivity contribution < 1.29 is 9.84 Å². The number of nitrogens with one attached hydrogen (secondary N) is 1. The average molecular weight is 272 g/mol. The molecule has 0 saturated heterocycles. The van der Waals surface area contributed by atoms with Gasteiger partial charge in [-0.15, -0.1) is 0 Å². The number of methoxy groups -OCH3 is 1. The maximum absolute atomic E-state index is 8.98. The molecule has 1 unspecified atom stereocenters. The molecule has 0 aliphatic heterocycles. The zero-order chi connectivity index (χ0) is 13.4. The van der Waals surface area contributed by atoms with E-state index < -0.39 is 0 Å². The molecule has 0 amide bonds. The van der Waals surface area contributed by atoms with Crippen molar-refractivity contribution in [2.24, 2.45) is 5.92 Å². The molecule has 1 atom stereocenters. The predicted molar refractivity (Wildman–Crippen MR) is 72.1 cm³/mol. The van der Waals surface area contributed by atoms with Crippen molar-refractivity contribution in [2.45, 2.75) is 25.4 Å². The van der Waals surface area contributed by atoms with Gasteiger partial charge in [0.2, 0.25) is 5.95 Å². The number of anilines is 1. The van der Waals surface area contributed by atoms with Crippen LogP contribution >= 0.6 is 11.8 Å². The van der Waals surface area contributed by atoms with E-state index in [4.69, 9.17) is 9.84 Å². The van der Waals surface area contributed by atoms with E-state index in [-0.39, 0.29) is 12.5 Å². The Labute approximate surface area is 112 Å². The molecule has 0 bridgehead atoms. The molecule has 0 saturated carbocycles. The molecular weight excluding hydrogens is 252 g/mol. The van der Waals surface area contributed by atoms with Crippen molar-refractivity contribution in [1.82, 2.24) is 15.0 Å². The monoisotopic (exact) mass is 272 g/mol. The minimum Gasteiger partial charge on any atom is -0.467 e. The van der Waals surface area contributed by atoms with Gasteiger partial charge in [0.25, 0.3) is 0 Å². The van der Waals surface area contributed by atoms with E-state index >= 15 is 0 Å². The third-order valence-electron chi connectivity index (χ3n) is 2.12. The van der Waals surface area contributed by atoms with E-state index in [1.807, 2.05) is 6.92 Å². The molecule has 1 heterocycles. The highest BCUT2D eigenvalue weighted by Gasteiger charge is 2.09. The van der Waals surface area contributed by atoms with Crippen molar-refractivity contribution in [3.05, 3.63) is 0 Å². The first-order chi connectivity index (χ1) is 8.69. The van der Waals surface area contributed by atoms with Crippen LogP contribution in [-0.4, -0.2) is 46.1 Å². The highest BCUT2D eigenvalue weighted by molar-refractivity contribution is 7.99. The Balaban J connectivity index is 2.70. The van der Waals surface area contributed by atoms with Gasteiger partial charge in [-0.25, -0.2) is 0 Å². The van der Waals surface area contributed by atoms with Crippen LogP contribution in [0.5, 0.6) is 6.01 Å². The van der Waals surface area contributed by atoms with Crippen LogP contribution in [0.3, 0.4) is 0 Å². The smallest absolute Gasteiger partial charge is 0.321 e. The Morgan fingerprint density at radius 2 is 2.17 bits per heavy atom. The summed E-state index contributed by atoms with van der Waals surface area (Å²) in [6.45, 7) is 5.02. The van der Waals surface area contributed by atoms with E-state index in [1.54, 1.807) is 0 Å². The lowest BCUT2D eigenvalue weighted by Crippen LogP contribution is -2.08. The molecule has 1 rings (SSSR count). The second kappa shape index (κ2) is 8.10. The third kappa shape index (κ3) is 5.05. The molecule has 0 radical (unpaired) electrons. The molecule has 0 aliphatic rings. The predicted octanol–water partition coefficient (Wildman–Crippen LogP) is 1.42. The Morgan fingerprint density at radius 3 is 2.78 bits per heavy atom. The second-order valence-corrected chi connectivity index (χ2v) is 4.94. The Hall–Kier alpha value is -1.08. The summed E-state index contributed by atoms with van der Waals surface area (Å²) in [4.78, 5) is 12.6. The largest absolute Gasteiger partial charge is 0.467 e. The Morgan fingerprint density at radius 1 is 1.39 bits per heavy atom. The fourth-order valence-corrected chi connectivity index (χ4v) is 1.91. The molecule has 7 heteroatoms. The number of ether oxygens (including phenoxy) is 1. The molecule has 102 valence electrons. The topological polar surface area (TPSA) is 80.2 Å². The number of hydrogen-bond donors (Lipinski definition) is 2. The second-order valence-electron chi connectivity index (χ2n) is 3.95. The Kier molecular flexibility index (Phi) is 6.74. The summed E-state index contributed by atoms with van der Waals surface area (Å²) in [7, 11) is 1.53. The minimum atomic E-state index is 0.163. The van der Waals surface area contributed by atoms with Crippen molar-refractivity contribution >= 4 is 17.7 Å². The summed E-state index contributed by atoms with van der Waals surface area (Å²) in [5, 5.41) is 12.7. The lowest BCUT2D eigenvalue weighted by atomic mass is 10.2. The average Bonchev–Trinajstić information content (AvgIpc) is 2.42. The number of nitrogens with zero attached hydrogens (tertiary/aromatic N) is 3. The van der Waals surface area contributed by atoms with Gasteiger partial charge in [-0.3, -0.25) is 0 Å². The van der Waals surface area contributed by atoms with Crippen LogP contribution in [0.25, 0.3) is 0 Å². The molecule has 0 aromatic carbocycles.